The zero-order valence-corrected chi connectivity index (χ0v) is 15.3. The molecule has 0 saturated carbocycles. The summed E-state index contributed by atoms with van der Waals surface area (Å²) in [6, 6.07) is 7.88. The van der Waals surface area contributed by atoms with Crippen LogP contribution in [-0.2, 0) is 22.1 Å². The maximum atomic E-state index is 13.8. The standard InChI is InChI=1S/C16H18FN5O3S/c1-16(2,20-26(3,23)24)15-10-22(21-18-15)9-11-8-14(25-19-11)12-6-4-5-7-13(12)17/h4-8,10,20H,9H2,1-3H3. The number of hydrogen-bond acceptors (Lipinski definition) is 6. The Morgan fingerprint density at radius 1 is 1.31 bits per heavy atom. The number of hydrogen-bond donors (Lipinski definition) is 1. The molecule has 0 spiro atoms. The Bertz CT molecular complexity index is 1030. The van der Waals surface area contributed by atoms with Crippen LogP contribution in [0, 0.1) is 5.82 Å². The largest absolute Gasteiger partial charge is 0.356 e. The van der Waals surface area contributed by atoms with Gasteiger partial charge in [0.25, 0.3) is 0 Å². The first kappa shape index (κ1) is 18.2. The number of aromatic nitrogens is 4. The molecule has 0 amide bonds. The van der Waals surface area contributed by atoms with Crippen molar-refractivity contribution in [2.75, 3.05) is 6.26 Å². The maximum Gasteiger partial charge on any atom is 0.209 e. The molecule has 138 valence electrons. The summed E-state index contributed by atoms with van der Waals surface area (Å²) >= 11 is 0. The van der Waals surface area contributed by atoms with Crippen LogP contribution in [0.5, 0.6) is 0 Å². The van der Waals surface area contributed by atoms with Gasteiger partial charge in [0.1, 0.15) is 17.2 Å². The lowest BCUT2D eigenvalue weighted by Gasteiger charge is -2.21. The summed E-state index contributed by atoms with van der Waals surface area (Å²) < 4.78 is 45.9. The molecule has 0 aliphatic heterocycles. The van der Waals surface area contributed by atoms with Gasteiger partial charge in [-0.1, -0.05) is 22.5 Å². The number of benzene rings is 1. The summed E-state index contributed by atoms with van der Waals surface area (Å²) in [7, 11) is -3.40. The molecule has 1 aromatic carbocycles. The van der Waals surface area contributed by atoms with Gasteiger partial charge >= 0.3 is 0 Å². The highest BCUT2D eigenvalue weighted by Crippen LogP contribution is 2.24. The minimum absolute atomic E-state index is 0.250. The van der Waals surface area contributed by atoms with E-state index in [0.29, 0.717) is 22.7 Å². The molecule has 2 aromatic heterocycles. The van der Waals surface area contributed by atoms with E-state index in [1.54, 1.807) is 44.3 Å². The summed E-state index contributed by atoms with van der Waals surface area (Å²) in [5, 5.41) is 11.9. The van der Waals surface area contributed by atoms with E-state index >= 15 is 0 Å². The van der Waals surface area contributed by atoms with Gasteiger partial charge in [0.15, 0.2) is 5.76 Å². The van der Waals surface area contributed by atoms with Crippen LogP contribution in [0.4, 0.5) is 4.39 Å². The van der Waals surface area contributed by atoms with Gasteiger partial charge in [-0.2, -0.15) is 0 Å². The number of sulfonamides is 1. The van der Waals surface area contributed by atoms with Crippen molar-refractivity contribution in [1.82, 2.24) is 24.9 Å². The second kappa shape index (κ2) is 6.61. The highest BCUT2D eigenvalue weighted by atomic mass is 32.2. The smallest absolute Gasteiger partial charge is 0.209 e. The lowest BCUT2D eigenvalue weighted by atomic mass is 10.0. The van der Waals surface area contributed by atoms with Gasteiger partial charge < -0.3 is 4.52 Å². The predicted octanol–water partition coefficient (Wildman–Crippen LogP) is 1.90. The zero-order valence-electron chi connectivity index (χ0n) is 14.5. The lowest BCUT2D eigenvalue weighted by molar-refractivity contribution is 0.417. The molecule has 0 fully saturated rings. The topological polar surface area (TPSA) is 103 Å². The molecule has 0 radical (unpaired) electrons. The monoisotopic (exact) mass is 379 g/mol. The van der Waals surface area contributed by atoms with E-state index in [4.69, 9.17) is 4.52 Å². The second-order valence-electron chi connectivity index (χ2n) is 6.46. The van der Waals surface area contributed by atoms with Crippen molar-refractivity contribution in [3.63, 3.8) is 0 Å². The van der Waals surface area contributed by atoms with Crippen LogP contribution in [0.2, 0.25) is 0 Å². The molecular weight excluding hydrogens is 361 g/mol. The van der Waals surface area contributed by atoms with E-state index in [0.717, 1.165) is 6.26 Å². The Morgan fingerprint density at radius 2 is 2.04 bits per heavy atom. The number of nitrogens with zero attached hydrogens (tertiary/aromatic N) is 4. The van der Waals surface area contributed by atoms with Gasteiger partial charge in [-0.3, -0.25) is 0 Å². The molecule has 0 saturated heterocycles. The molecule has 2 heterocycles. The molecule has 26 heavy (non-hydrogen) atoms. The van der Waals surface area contributed by atoms with E-state index in [2.05, 4.69) is 20.2 Å². The van der Waals surface area contributed by atoms with Crippen LogP contribution in [0.1, 0.15) is 25.2 Å². The third-order valence-electron chi connectivity index (χ3n) is 3.64. The highest BCUT2D eigenvalue weighted by Gasteiger charge is 2.27. The summed E-state index contributed by atoms with van der Waals surface area (Å²) in [6.07, 6.45) is 2.70. The van der Waals surface area contributed by atoms with Crippen LogP contribution >= 0.6 is 0 Å². The van der Waals surface area contributed by atoms with Gasteiger partial charge in [-0.05, 0) is 26.0 Å². The third-order valence-corrected chi connectivity index (χ3v) is 4.52. The normalized spacial score (nSPS) is 12.5. The van der Waals surface area contributed by atoms with Crippen molar-refractivity contribution in [1.29, 1.82) is 0 Å². The Hall–Kier alpha value is -2.59. The summed E-state index contributed by atoms with van der Waals surface area (Å²) in [6.45, 7) is 3.63. The Labute approximate surface area is 150 Å². The van der Waals surface area contributed by atoms with Crippen molar-refractivity contribution in [3.8, 4) is 11.3 Å². The molecule has 3 aromatic rings. The molecule has 1 N–H and O–H groups in total. The van der Waals surface area contributed by atoms with Crippen LogP contribution < -0.4 is 4.72 Å². The summed E-state index contributed by atoms with van der Waals surface area (Å²) in [4.78, 5) is 0. The Kier molecular flexibility index (Phi) is 4.63. The van der Waals surface area contributed by atoms with E-state index in [-0.39, 0.29) is 6.54 Å². The van der Waals surface area contributed by atoms with Gasteiger partial charge in [0.2, 0.25) is 10.0 Å². The first-order valence-electron chi connectivity index (χ1n) is 7.74. The molecule has 0 bridgehead atoms. The lowest BCUT2D eigenvalue weighted by Crippen LogP contribution is -2.40. The van der Waals surface area contributed by atoms with Crippen molar-refractivity contribution in [2.45, 2.75) is 25.9 Å². The average Bonchev–Trinajstić information content (AvgIpc) is 3.16. The fraction of sp³-hybridized carbons (Fsp3) is 0.312. The van der Waals surface area contributed by atoms with Gasteiger partial charge in [-0.25, -0.2) is 22.2 Å². The number of halogens is 1. The third kappa shape index (κ3) is 4.14. The molecule has 8 nitrogen and oxygen atoms in total. The predicted molar refractivity (Wildman–Crippen MR) is 92.0 cm³/mol. The highest BCUT2D eigenvalue weighted by molar-refractivity contribution is 7.88. The maximum absolute atomic E-state index is 13.8. The molecule has 10 heteroatoms. The Balaban J connectivity index is 1.77. The summed E-state index contributed by atoms with van der Waals surface area (Å²) in [5.74, 6) is -0.0793. The van der Waals surface area contributed by atoms with Crippen molar-refractivity contribution in [3.05, 3.63) is 53.7 Å². The first-order valence-corrected chi connectivity index (χ1v) is 9.63. The molecular formula is C16H18FN5O3S. The van der Waals surface area contributed by atoms with Gasteiger partial charge in [0.05, 0.1) is 30.1 Å². The van der Waals surface area contributed by atoms with Crippen LogP contribution in [-0.4, -0.2) is 34.8 Å². The SMILES string of the molecule is CC(C)(NS(C)(=O)=O)c1cn(Cc2cc(-c3ccccc3F)on2)nn1. The molecule has 0 aliphatic carbocycles. The van der Waals surface area contributed by atoms with Crippen LogP contribution in [0.15, 0.2) is 41.1 Å². The van der Waals surface area contributed by atoms with Crippen molar-refractivity contribution < 1.29 is 17.3 Å². The molecule has 0 aliphatic rings. The van der Waals surface area contributed by atoms with Gasteiger partial charge in [-0.15, -0.1) is 5.10 Å². The zero-order chi connectivity index (χ0) is 18.9. The van der Waals surface area contributed by atoms with Crippen molar-refractivity contribution >= 4 is 10.0 Å². The molecule has 0 atom stereocenters. The summed E-state index contributed by atoms with van der Waals surface area (Å²) in [5.41, 5.74) is 0.409. The quantitative estimate of drug-likeness (QED) is 0.702. The fourth-order valence-corrected chi connectivity index (χ4v) is 3.55. The van der Waals surface area contributed by atoms with Crippen LogP contribution in [0.25, 0.3) is 11.3 Å². The van der Waals surface area contributed by atoms with E-state index < -0.39 is 21.4 Å². The van der Waals surface area contributed by atoms with E-state index in [1.165, 1.54) is 10.7 Å². The van der Waals surface area contributed by atoms with Crippen molar-refractivity contribution in [2.24, 2.45) is 0 Å². The molecule has 0 unspecified atom stereocenters. The second-order valence-corrected chi connectivity index (χ2v) is 8.21. The minimum Gasteiger partial charge on any atom is -0.356 e. The average molecular weight is 379 g/mol. The number of nitrogens with one attached hydrogen (secondary N) is 1. The first-order chi connectivity index (χ1) is 12.1. The number of rotatable bonds is 6. The van der Waals surface area contributed by atoms with E-state index in [1.807, 2.05) is 0 Å². The minimum atomic E-state index is -3.40. The Morgan fingerprint density at radius 3 is 2.73 bits per heavy atom. The van der Waals surface area contributed by atoms with Gasteiger partial charge in [0, 0.05) is 6.07 Å². The van der Waals surface area contributed by atoms with E-state index in [9.17, 15) is 12.8 Å². The molecule has 3 rings (SSSR count). The van der Waals surface area contributed by atoms with Crippen LogP contribution in [0.3, 0.4) is 0 Å². The fourth-order valence-electron chi connectivity index (χ4n) is 2.52.